The quantitative estimate of drug-likeness (QED) is 0.833. The van der Waals surface area contributed by atoms with Gasteiger partial charge in [-0.05, 0) is 77.3 Å². The summed E-state index contributed by atoms with van der Waals surface area (Å²) in [4.78, 5) is 20.0. The molecule has 5 heteroatoms. The van der Waals surface area contributed by atoms with Gasteiger partial charge in [0.2, 0.25) is 0 Å². The van der Waals surface area contributed by atoms with Crippen molar-refractivity contribution in [1.29, 1.82) is 0 Å². The molecule has 0 aromatic heterocycles. The Morgan fingerprint density at radius 1 is 1.00 bits per heavy atom. The smallest absolute Gasteiger partial charge is 0.317 e. The predicted octanol–water partition coefficient (Wildman–Crippen LogP) is 3.01. The number of urea groups is 1. The molecule has 150 valence electrons. The van der Waals surface area contributed by atoms with Gasteiger partial charge in [0.15, 0.2) is 0 Å². The van der Waals surface area contributed by atoms with Crippen molar-refractivity contribution < 1.29 is 4.79 Å². The third-order valence-corrected chi connectivity index (χ3v) is 6.79. The van der Waals surface area contributed by atoms with Crippen LogP contribution in [0.4, 0.5) is 4.79 Å². The lowest BCUT2D eigenvalue weighted by atomic mass is 9.94. The van der Waals surface area contributed by atoms with Crippen molar-refractivity contribution in [2.75, 3.05) is 45.8 Å². The van der Waals surface area contributed by atoms with Crippen LogP contribution in [0, 0.1) is 11.8 Å². The van der Waals surface area contributed by atoms with E-state index in [1.165, 1.54) is 38.9 Å². The fourth-order valence-electron chi connectivity index (χ4n) is 4.83. The highest BCUT2D eigenvalue weighted by molar-refractivity contribution is 5.74. The summed E-state index contributed by atoms with van der Waals surface area (Å²) in [6.45, 7) is 14.7. The molecule has 0 saturated carbocycles. The highest BCUT2D eigenvalue weighted by Gasteiger charge is 2.28. The topological polar surface area (TPSA) is 38.8 Å². The Kier molecular flexibility index (Phi) is 7.21. The summed E-state index contributed by atoms with van der Waals surface area (Å²) >= 11 is 0. The van der Waals surface area contributed by atoms with Gasteiger partial charge < -0.3 is 20.0 Å². The van der Waals surface area contributed by atoms with Crippen LogP contribution in [0.2, 0.25) is 0 Å². The molecule has 3 saturated heterocycles. The average molecular weight is 365 g/mol. The molecule has 0 aromatic rings. The molecule has 0 unspecified atom stereocenters. The van der Waals surface area contributed by atoms with Crippen LogP contribution in [-0.2, 0) is 0 Å². The molecule has 5 nitrogen and oxygen atoms in total. The predicted molar refractivity (Wildman–Crippen MR) is 107 cm³/mol. The summed E-state index contributed by atoms with van der Waals surface area (Å²) in [5.74, 6) is 1.55. The first-order valence-corrected chi connectivity index (χ1v) is 11.0. The third kappa shape index (κ3) is 5.59. The zero-order valence-corrected chi connectivity index (χ0v) is 17.3. The van der Waals surface area contributed by atoms with E-state index in [1.54, 1.807) is 0 Å². The van der Waals surface area contributed by atoms with Gasteiger partial charge in [-0.25, -0.2) is 4.79 Å². The van der Waals surface area contributed by atoms with Crippen molar-refractivity contribution in [2.24, 2.45) is 11.8 Å². The molecular weight excluding hydrogens is 324 g/mol. The number of nitrogens with zero attached hydrogens (tertiary/aromatic N) is 3. The monoisotopic (exact) mass is 364 g/mol. The molecule has 1 atom stereocenters. The molecular formula is C21H40N4O. The van der Waals surface area contributed by atoms with Crippen LogP contribution >= 0.6 is 0 Å². The lowest BCUT2D eigenvalue weighted by Crippen LogP contribution is -2.53. The fourth-order valence-corrected chi connectivity index (χ4v) is 4.83. The minimum atomic E-state index is 0.185. The van der Waals surface area contributed by atoms with Crippen LogP contribution < -0.4 is 5.32 Å². The van der Waals surface area contributed by atoms with Gasteiger partial charge in [0.1, 0.15) is 0 Å². The minimum Gasteiger partial charge on any atom is -0.335 e. The Hall–Kier alpha value is -0.810. The lowest BCUT2D eigenvalue weighted by molar-refractivity contribution is 0.114. The van der Waals surface area contributed by atoms with Crippen molar-refractivity contribution in [3.8, 4) is 0 Å². The summed E-state index contributed by atoms with van der Waals surface area (Å²) in [5.41, 5.74) is 0. The van der Waals surface area contributed by atoms with Crippen LogP contribution in [0.25, 0.3) is 0 Å². The molecule has 0 aromatic carbocycles. The molecule has 2 amide bonds. The van der Waals surface area contributed by atoms with Crippen LogP contribution in [0.1, 0.15) is 59.3 Å². The summed E-state index contributed by atoms with van der Waals surface area (Å²) in [7, 11) is 0. The Bertz CT molecular complexity index is 439. The molecule has 26 heavy (non-hydrogen) atoms. The number of rotatable bonds is 4. The first kappa shape index (κ1) is 19.9. The number of hydrogen-bond acceptors (Lipinski definition) is 3. The molecule has 1 N–H and O–H groups in total. The van der Waals surface area contributed by atoms with Gasteiger partial charge in [-0.1, -0.05) is 6.92 Å². The fraction of sp³-hybridized carbons (Fsp3) is 0.952. The largest absolute Gasteiger partial charge is 0.335 e. The summed E-state index contributed by atoms with van der Waals surface area (Å²) in [6.07, 6.45) is 7.30. The SMILES string of the molecule is CC1CCN(C[C@@H]2CCCN(C(=O)NC3CCN(C(C)C)CC3)C2)CC1. The van der Waals surface area contributed by atoms with Gasteiger partial charge in [-0.3, -0.25) is 0 Å². The van der Waals surface area contributed by atoms with E-state index in [2.05, 4.69) is 40.8 Å². The Morgan fingerprint density at radius 2 is 1.69 bits per heavy atom. The summed E-state index contributed by atoms with van der Waals surface area (Å²) in [6, 6.07) is 1.17. The number of likely N-dealkylation sites (tertiary alicyclic amines) is 3. The van der Waals surface area contributed by atoms with E-state index in [-0.39, 0.29) is 6.03 Å². The van der Waals surface area contributed by atoms with Gasteiger partial charge >= 0.3 is 6.03 Å². The second kappa shape index (κ2) is 9.41. The average Bonchev–Trinajstić information content (AvgIpc) is 2.64. The van der Waals surface area contributed by atoms with E-state index < -0.39 is 0 Å². The lowest BCUT2D eigenvalue weighted by Gasteiger charge is -2.39. The van der Waals surface area contributed by atoms with E-state index in [0.717, 1.165) is 51.4 Å². The van der Waals surface area contributed by atoms with Crippen molar-refractivity contribution in [1.82, 2.24) is 20.0 Å². The molecule has 0 aliphatic carbocycles. The Labute approximate surface area is 160 Å². The van der Waals surface area contributed by atoms with Crippen LogP contribution in [0.15, 0.2) is 0 Å². The molecule has 3 heterocycles. The molecule has 3 fully saturated rings. The molecule has 3 aliphatic rings. The van der Waals surface area contributed by atoms with E-state index >= 15 is 0 Å². The second-order valence-corrected chi connectivity index (χ2v) is 9.29. The van der Waals surface area contributed by atoms with Gasteiger partial charge in [0.25, 0.3) is 0 Å². The first-order chi connectivity index (χ1) is 12.5. The van der Waals surface area contributed by atoms with Crippen LogP contribution in [0.5, 0.6) is 0 Å². The zero-order valence-electron chi connectivity index (χ0n) is 17.3. The normalized spacial score (nSPS) is 27.8. The maximum Gasteiger partial charge on any atom is 0.317 e. The van der Waals surface area contributed by atoms with Gasteiger partial charge in [0.05, 0.1) is 0 Å². The number of piperidine rings is 3. The van der Waals surface area contributed by atoms with Crippen molar-refractivity contribution in [3.05, 3.63) is 0 Å². The van der Waals surface area contributed by atoms with E-state index in [0.29, 0.717) is 18.0 Å². The van der Waals surface area contributed by atoms with Crippen molar-refractivity contribution in [2.45, 2.75) is 71.4 Å². The summed E-state index contributed by atoms with van der Waals surface area (Å²) < 4.78 is 0. The van der Waals surface area contributed by atoms with E-state index in [4.69, 9.17) is 0 Å². The number of carbonyl (C=O) groups excluding carboxylic acids is 1. The highest BCUT2D eigenvalue weighted by atomic mass is 16.2. The summed E-state index contributed by atoms with van der Waals surface area (Å²) in [5, 5.41) is 3.32. The van der Waals surface area contributed by atoms with Gasteiger partial charge in [-0.2, -0.15) is 0 Å². The van der Waals surface area contributed by atoms with Crippen LogP contribution in [-0.4, -0.2) is 78.6 Å². The minimum absolute atomic E-state index is 0.185. The number of nitrogens with one attached hydrogen (secondary N) is 1. The Morgan fingerprint density at radius 3 is 2.35 bits per heavy atom. The number of amides is 2. The van der Waals surface area contributed by atoms with E-state index in [9.17, 15) is 4.79 Å². The standard InChI is InChI=1S/C21H40N4O/c1-17(2)24-13-8-20(9-14-24)22-21(26)25-10-4-5-19(16-25)15-23-11-6-18(3)7-12-23/h17-20H,4-16H2,1-3H3,(H,22,26)/t19-/m0/s1. The molecule has 0 radical (unpaired) electrons. The maximum absolute atomic E-state index is 12.8. The molecule has 3 aliphatic heterocycles. The number of hydrogen-bond donors (Lipinski definition) is 1. The maximum atomic E-state index is 12.8. The van der Waals surface area contributed by atoms with E-state index in [1.807, 2.05) is 0 Å². The van der Waals surface area contributed by atoms with Crippen molar-refractivity contribution >= 4 is 6.03 Å². The Balaban J connectivity index is 1.40. The van der Waals surface area contributed by atoms with Gasteiger partial charge in [0, 0.05) is 44.8 Å². The second-order valence-electron chi connectivity index (χ2n) is 9.29. The first-order valence-electron chi connectivity index (χ1n) is 11.0. The zero-order chi connectivity index (χ0) is 18.5. The van der Waals surface area contributed by atoms with Crippen LogP contribution in [0.3, 0.4) is 0 Å². The van der Waals surface area contributed by atoms with Gasteiger partial charge in [-0.15, -0.1) is 0 Å². The number of carbonyl (C=O) groups is 1. The third-order valence-electron chi connectivity index (χ3n) is 6.79. The molecule has 0 spiro atoms. The molecule has 0 bridgehead atoms. The molecule has 3 rings (SSSR count). The van der Waals surface area contributed by atoms with Crippen molar-refractivity contribution in [3.63, 3.8) is 0 Å². The highest BCUT2D eigenvalue weighted by Crippen LogP contribution is 2.22.